The molecule has 2 fully saturated rings. The van der Waals surface area contributed by atoms with Crippen LogP contribution in [0.3, 0.4) is 0 Å². The molecular weight excluding hydrogens is 362 g/mol. The highest BCUT2D eigenvalue weighted by Crippen LogP contribution is 2.39. The van der Waals surface area contributed by atoms with Crippen molar-refractivity contribution >= 4 is 11.8 Å². The van der Waals surface area contributed by atoms with Gasteiger partial charge in [0.15, 0.2) is 0 Å². The van der Waals surface area contributed by atoms with E-state index in [4.69, 9.17) is 0 Å². The van der Waals surface area contributed by atoms with E-state index in [1.165, 1.54) is 0 Å². The molecule has 152 valence electrons. The lowest BCUT2D eigenvalue weighted by Crippen LogP contribution is -2.54. The molecule has 0 bridgehead atoms. The highest BCUT2D eigenvalue weighted by atomic mass is 16.2. The van der Waals surface area contributed by atoms with Gasteiger partial charge in [-0.3, -0.25) is 14.6 Å². The van der Waals surface area contributed by atoms with Gasteiger partial charge in [0.1, 0.15) is 0 Å². The zero-order chi connectivity index (χ0) is 20.4. The molecule has 1 saturated heterocycles. The van der Waals surface area contributed by atoms with Crippen LogP contribution in [0.4, 0.5) is 0 Å². The third-order valence-corrected chi connectivity index (χ3v) is 6.19. The van der Waals surface area contributed by atoms with Crippen molar-refractivity contribution in [2.24, 2.45) is 11.3 Å². The van der Waals surface area contributed by atoms with Gasteiger partial charge in [-0.15, -0.1) is 0 Å². The number of likely N-dealkylation sites (tertiary alicyclic amines) is 1. The molecule has 1 aliphatic carbocycles. The van der Waals surface area contributed by atoms with Crippen LogP contribution in [0.2, 0.25) is 0 Å². The summed E-state index contributed by atoms with van der Waals surface area (Å²) in [5, 5.41) is 0. The van der Waals surface area contributed by atoms with Gasteiger partial charge in [-0.25, -0.2) is 0 Å². The van der Waals surface area contributed by atoms with E-state index in [2.05, 4.69) is 29.2 Å². The van der Waals surface area contributed by atoms with Crippen molar-refractivity contribution in [1.29, 1.82) is 0 Å². The summed E-state index contributed by atoms with van der Waals surface area (Å²) < 4.78 is 0. The Hall–Kier alpha value is -2.69. The molecule has 0 unspecified atom stereocenters. The molecule has 4 rings (SSSR count). The molecule has 2 amide bonds. The number of hydrogen-bond acceptors (Lipinski definition) is 3. The molecule has 5 heteroatoms. The summed E-state index contributed by atoms with van der Waals surface area (Å²) in [5.41, 5.74) is 2.87. The maximum absolute atomic E-state index is 13.2. The van der Waals surface area contributed by atoms with Crippen LogP contribution in [0.25, 0.3) is 11.1 Å². The topological polar surface area (TPSA) is 53.5 Å². The van der Waals surface area contributed by atoms with Crippen LogP contribution in [-0.4, -0.2) is 53.8 Å². The highest BCUT2D eigenvalue weighted by molar-refractivity contribution is 5.86. The first-order valence-electron chi connectivity index (χ1n) is 10.5. The van der Waals surface area contributed by atoms with Gasteiger partial charge >= 0.3 is 0 Å². The summed E-state index contributed by atoms with van der Waals surface area (Å²) in [6.45, 7) is 1.31. The molecule has 0 spiro atoms. The molecule has 5 nitrogen and oxygen atoms in total. The van der Waals surface area contributed by atoms with Crippen LogP contribution >= 0.6 is 0 Å². The largest absolute Gasteiger partial charge is 0.348 e. The smallest absolute Gasteiger partial charge is 0.230 e. The van der Waals surface area contributed by atoms with Crippen molar-refractivity contribution in [3.63, 3.8) is 0 Å². The number of nitrogens with zero attached hydrogens (tertiary/aromatic N) is 3. The maximum atomic E-state index is 13.2. The normalized spacial score (nSPS) is 21.7. The van der Waals surface area contributed by atoms with Crippen LogP contribution in [0.5, 0.6) is 0 Å². The van der Waals surface area contributed by atoms with Gasteiger partial charge in [0.2, 0.25) is 11.8 Å². The van der Waals surface area contributed by atoms with Crippen molar-refractivity contribution in [3.05, 3.63) is 54.4 Å². The average Bonchev–Trinajstić information content (AvgIpc) is 3.59. The number of carbonyl (C=O) groups excluding carboxylic acids is 2. The first kappa shape index (κ1) is 19.6. The molecule has 1 aromatic heterocycles. The summed E-state index contributed by atoms with van der Waals surface area (Å²) in [7, 11) is 3.64. The van der Waals surface area contributed by atoms with Crippen LogP contribution < -0.4 is 0 Å². The lowest BCUT2D eigenvalue weighted by Gasteiger charge is -2.43. The summed E-state index contributed by atoms with van der Waals surface area (Å²) in [5.74, 6) is 0.567. The molecule has 1 atom stereocenters. The van der Waals surface area contributed by atoms with E-state index in [9.17, 15) is 9.59 Å². The van der Waals surface area contributed by atoms with Crippen LogP contribution in [0, 0.1) is 11.3 Å². The minimum atomic E-state index is -0.537. The Morgan fingerprint density at radius 3 is 2.34 bits per heavy atom. The standard InChI is InChI=1S/C24H29N3O2/c1-26(2)23(29)24(12-3-15-27(17-24)22(28)21-8-9-21)16-18-4-6-19(7-5-18)20-10-13-25-14-11-20/h4-7,10-11,13-14,21H,3,8-9,12,15-17H2,1-2H3/t24-/m0/s1. The van der Waals surface area contributed by atoms with Crippen molar-refractivity contribution in [3.8, 4) is 11.1 Å². The van der Waals surface area contributed by atoms with Gasteiger partial charge in [-0.2, -0.15) is 0 Å². The number of pyridine rings is 1. The molecular formula is C24H29N3O2. The van der Waals surface area contributed by atoms with E-state index < -0.39 is 5.41 Å². The summed E-state index contributed by atoms with van der Waals surface area (Å²) in [6, 6.07) is 12.4. The van der Waals surface area contributed by atoms with Crippen LogP contribution in [0.15, 0.2) is 48.8 Å². The molecule has 1 aromatic carbocycles. The maximum Gasteiger partial charge on any atom is 0.230 e. The average molecular weight is 392 g/mol. The lowest BCUT2D eigenvalue weighted by molar-refractivity contribution is -0.147. The lowest BCUT2D eigenvalue weighted by atomic mass is 9.73. The number of carbonyl (C=O) groups is 2. The minimum Gasteiger partial charge on any atom is -0.348 e. The zero-order valence-electron chi connectivity index (χ0n) is 17.3. The van der Waals surface area contributed by atoms with E-state index in [0.29, 0.717) is 13.0 Å². The van der Waals surface area contributed by atoms with E-state index in [1.54, 1.807) is 17.3 Å². The summed E-state index contributed by atoms with van der Waals surface area (Å²) in [4.78, 5) is 33.7. The molecule has 1 aliphatic heterocycles. The second-order valence-corrected chi connectivity index (χ2v) is 8.73. The predicted molar refractivity (Wildman–Crippen MR) is 113 cm³/mol. The molecule has 0 N–H and O–H groups in total. The zero-order valence-corrected chi connectivity index (χ0v) is 17.3. The van der Waals surface area contributed by atoms with Gasteiger partial charge in [-0.1, -0.05) is 24.3 Å². The number of benzene rings is 1. The Morgan fingerprint density at radius 2 is 1.72 bits per heavy atom. The fourth-order valence-corrected chi connectivity index (χ4v) is 4.53. The predicted octanol–water partition coefficient (Wildman–Crippen LogP) is 3.40. The van der Waals surface area contributed by atoms with Crippen molar-refractivity contribution in [2.45, 2.75) is 32.1 Å². The fraction of sp³-hybridized carbons (Fsp3) is 0.458. The third kappa shape index (κ3) is 4.19. The second kappa shape index (κ2) is 7.97. The van der Waals surface area contributed by atoms with Gasteiger partial charge in [0.05, 0.1) is 5.41 Å². The number of rotatable bonds is 5. The van der Waals surface area contributed by atoms with E-state index in [0.717, 1.165) is 48.9 Å². The Kier molecular flexibility index (Phi) is 5.39. The first-order chi connectivity index (χ1) is 14.0. The van der Waals surface area contributed by atoms with E-state index in [-0.39, 0.29) is 17.7 Å². The van der Waals surface area contributed by atoms with Gasteiger partial charge in [0.25, 0.3) is 0 Å². The monoisotopic (exact) mass is 391 g/mol. The van der Waals surface area contributed by atoms with E-state index in [1.807, 2.05) is 31.1 Å². The van der Waals surface area contributed by atoms with Gasteiger partial charge in [-0.05, 0) is 60.9 Å². The number of amides is 2. The Balaban J connectivity index is 1.57. The van der Waals surface area contributed by atoms with Crippen LogP contribution in [0.1, 0.15) is 31.2 Å². The van der Waals surface area contributed by atoms with Crippen molar-refractivity contribution < 1.29 is 9.59 Å². The third-order valence-electron chi connectivity index (χ3n) is 6.19. The quantitative estimate of drug-likeness (QED) is 0.785. The highest BCUT2D eigenvalue weighted by Gasteiger charge is 2.46. The van der Waals surface area contributed by atoms with Gasteiger partial charge in [0, 0.05) is 45.5 Å². The second-order valence-electron chi connectivity index (χ2n) is 8.73. The molecule has 29 heavy (non-hydrogen) atoms. The number of aromatic nitrogens is 1. The number of piperidine rings is 1. The minimum absolute atomic E-state index is 0.129. The Morgan fingerprint density at radius 1 is 1.07 bits per heavy atom. The van der Waals surface area contributed by atoms with E-state index >= 15 is 0 Å². The first-order valence-corrected chi connectivity index (χ1v) is 10.5. The number of hydrogen-bond donors (Lipinski definition) is 0. The van der Waals surface area contributed by atoms with Crippen LogP contribution in [-0.2, 0) is 16.0 Å². The van der Waals surface area contributed by atoms with Gasteiger partial charge < -0.3 is 9.80 Å². The SMILES string of the molecule is CN(C)C(=O)[C@]1(Cc2ccc(-c3ccncc3)cc2)CCCN(C(=O)C2CC2)C1. The summed E-state index contributed by atoms with van der Waals surface area (Å²) >= 11 is 0. The Bertz CT molecular complexity index is 875. The van der Waals surface area contributed by atoms with Crippen molar-refractivity contribution in [2.75, 3.05) is 27.2 Å². The molecule has 0 radical (unpaired) electrons. The molecule has 1 saturated carbocycles. The molecule has 2 aliphatic rings. The molecule has 2 aromatic rings. The van der Waals surface area contributed by atoms with Crippen molar-refractivity contribution in [1.82, 2.24) is 14.8 Å². The summed E-state index contributed by atoms with van der Waals surface area (Å²) in [6.07, 6.45) is 7.95. The Labute approximate surface area is 172 Å². The fourth-order valence-electron chi connectivity index (χ4n) is 4.53. The molecule has 2 heterocycles.